The van der Waals surface area contributed by atoms with Crippen LogP contribution in [0.1, 0.15) is 32.3 Å². The predicted molar refractivity (Wildman–Crippen MR) is 73.5 cm³/mol. The van der Waals surface area contributed by atoms with Crippen molar-refractivity contribution in [1.29, 1.82) is 0 Å². The van der Waals surface area contributed by atoms with Gasteiger partial charge in [-0.25, -0.2) is 15.1 Å². The first-order valence-corrected chi connectivity index (χ1v) is 6.36. The summed E-state index contributed by atoms with van der Waals surface area (Å²) in [5.74, 6) is 4.32. The van der Waals surface area contributed by atoms with E-state index < -0.39 is 11.7 Å². The third-order valence-corrected chi connectivity index (χ3v) is 2.53. The third-order valence-electron chi connectivity index (χ3n) is 2.53. The molecule has 0 bridgehead atoms. The molecule has 0 aliphatic heterocycles. The van der Waals surface area contributed by atoms with Crippen molar-refractivity contribution < 1.29 is 18.8 Å². The SMILES string of the molecule is CC(C)(C)OC(=O)NCC(CON)c1ccccc1F. The summed E-state index contributed by atoms with van der Waals surface area (Å²) in [6.07, 6.45) is -0.559. The Labute approximate surface area is 118 Å². The molecule has 1 aromatic rings. The predicted octanol–water partition coefficient (Wildman–Crippen LogP) is 2.32. The molecule has 0 aliphatic rings. The van der Waals surface area contributed by atoms with Crippen molar-refractivity contribution in [3.8, 4) is 0 Å². The van der Waals surface area contributed by atoms with Gasteiger partial charge in [-0.1, -0.05) is 18.2 Å². The topological polar surface area (TPSA) is 73.6 Å². The van der Waals surface area contributed by atoms with E-state index in [1.54, 1.807) is 39.0 Å². The zero-order valence-electron chi connectivity index (χ0n) is 12.0. The van der Waals surface area contributed by atoms with Crippen LogP contribution < -0.4 is 11.2 Å². The molecule has 20 heavy (non-hydrogen) atoms. The van der Waals surface area contributed by atoms with E-state index in [0.29, 0.717) is 5.56 Å². The van der Waals surface area contributed by atoms with Crippen LogP contribution in [0.2, 0.25) is 0 Å². The van der Waals surface area contributed by atoms with Gasteiger partial charge in [0.15, 0.2) is 0 Å². The smallest absolute Gasteiger partial charge is 0.407 e. The molecule has 5 nitrogen and oxygen atoms in total. The van der Waals surface area contributed by atoms with E-state index in [2.05, 4.69) is 10.2 Å². The van der Waals surface area contributed by atoms with E-state index in [1.807, 2.05) is 0 Å². The van der Waals surface area contributed by atoms with Crippen LogP contribution in [0.5, 0.6) is 0 Å². The Balaban J connectivity index is 2.65. The van der Waals surface area contributed by atoms with E-state index in [9.17, 15) is 9.18 Å². The summed E-state index contributed by atoms with van der Waals surface area (Å²) in [6, 6.07) is 6.30. The summed E-state index contributed by atoms with van der Waals surface area (Å²) in [6.45, 7) is 5.57. The molecule has 6 heteroatoms. The number of nitrogens with two attached hydrogens (primary N) is 1. The molecule has 0 fully saturated rings. The number of carbonyl (C=O) groups excluding carboxylic acids is 1. The number of hydrogen-bond acceptors (Lipinski definition) is 4. The lowest BCUT2D eigenvalue weighted by molar-refractivity contribution is 0.0511. The van der Waals surface area contributed by atoms with Crippen LogP contribution in [0.3, 0.4) is 0 Å². The van der Waals surface area contributed by atoms with E-state index in [1.165, 1.54) is 6.07 Å². The Bertz CT molecular complexity index is 446. The summed E-state index contributed by atoms with van der Waals surface area (Å²) >= 11 is 0. The molecule has 0 aromatic heterocycles. The molecule has 1 unspecified atom stereocenters. The second-order valence-corrected chi connectivity index (χ2v) is 5.43. The summed E-state index contributed by atoms with van der Waals surface area (Å²) < 4.78 is 18.8. The van der Waals surface area contributed by atoms with Gasteiger partial charge in [0.1, 0.15) is 11.4 Å². The number of benzene rings is 1. The highest BCUT2D eigenvalue weighted by Gasteiger charge is 2.20. The first-order chi connectivity index (χ1) is 9.33. The fourth-order valence-electron chi connectivity index (χ4n) is 1.70. The molecule has 0 heterocycles. The molecule has 1 amide bonds. The quantitative estimate of drug-likeness (QED) is 0.814. The number of hydrogen-bond donors (Lipinski definition) is 2. The highest BCUT2D eigenvalue weighted by atomic mass is 19.1. The lowest BCUT2D eigenvalue weighted by Gasteiger charge is -2.22. The normalized spacial score (nSPS) is 12.8. The molecule has 1 atom stereocenters. The summed E-state index contributed by atoms with van der Waals surface area (Å²) in [7, 11) is 0. The number of halogens is 1. The molecule has 0 radical (unpaired) electrons. The molecule has 1 aromatic carbocycles. The van der Waals surface area contributed by atoms with Crippen molar-refractivity contribution in [3.63, 3.8) is 0 Å². The molecular formula is C14H21FN2O3. The molecule has 0 saturated carbocycles. The van der Waals surface area contributed by atoms with Crippen molar-refractivity contribution in [1.82, 2.24) is 5.32 Å². The zero-order valence-corrected chi connectivity index (χ0v) is 12.0. The standard InChI is InChI=1S/C14H21FN2O3/c1-14(2,3)20-13(18)17-8-10(9-19-16)11-6-4-5-7-12(11)15/h4-7,10H,8-9,16H2,1-3H3,(H,17,18). The van der Waals surface area contributed by atoms with Crippen LogP contribution in [0.15, 0.2) is 24.3 Å². The molecule has 0 aliphatic carbocycles. The van der Waals surface area contributed by atoms with Crippen LogP contribution in [-0.4, -0.2) is 24.8 Å². The van der Waals surface area contributed by atoms with Gasteiger partial charge < -0.3 is 14.9 Å². The van der Waals surface area contributed by atoms with Gasteiger partial charge in [0.05, 0.1) is 6.61 Å². The maximum absolute atomic E-state index is 13.7. The minimum absolute atomic E-state index is 0.0940. The fourth-order valence-corrected chi connectivity index (χ4v) is 1.70. The lowest BCUT2D eigenvalue weighted by Crippen LogP contribution is -2.36. The van der Waals surface area contributed by atoms with Gasteiger partial charge in [0.2, 0.25) is 0 Å². The van der Waals surface area contributed by atoms with Gasteiger partial charge in [-0.3, -0.25) is 0 Å². The van der Waals surface area contributed by atoms with Crippen LogP contribution in [0.4, 0.5) is 9.18 Å². The highest BCUT2D eigenvalue weighted by Crippen LogP contribution is 2.19. The van der Waals surface area contributed by atoms with Crippen molar-refractivity contribution in [3.05, 3.63) is 35.6 Å². The van der Waals surface area contributed by atoms with Gasteiger partial charge in [-0.15, -0.1) is 0 Å². The van der Waals surface area contributed by atoms with Crippen LogP contribution in [-0.2, 0) is 9.57 Å². The Morgan fingerprint density at radius 3 is 2.60 bits per heavy atom. The summed E-state index contributed by atoms with van der Waals surface area (Å²) in [5, 5.41) is 2.59. The number of rotatable bonds is 5. The Morgan fingerprint density at radius 2 is 2.05 bits per heavy atom. The van der Waals surface area contributed by atoms with Crippen LogP contribution in [0, 0.1) is 5.82 Å². The highest BCUT2D eigenvalue weighted by molar-refractivity contribution is 5.67. The van der Waals surface area contributed by atoms with Crippen molar-refractivity contribution >= 4 is 6.09 Å². The minimum Gasteiger partial charge on any atom is -0.444 e. The van der Waals surface area contributed by atoms with Gasteiger partial charge in [-0.2, -0.15) is 0 Å². The molecule has 1 rings (SSSR count). The second-order valence-electron chi connectivity index (χ2n) is 5.43. The van der Waals surface area contributed by atoms with Gasteiger partial charge in [0, 0.05) is 12.5 Å². The maximum Gasteiger partial charge on any atom is 0.407 e. The van der Waals surface area contributed by atoms with E-state index in [4.69, 9.17) is 10.6 Å². The fraction of sp³-hybridized carbons (Fsp3) is 0.500. The number of alkyl carbamates (subject to hydrolysis) is 1. The van der Waals surface area contributed by atoms with Crippen LogP contribution >= 0.6 is 0 Å². The average molecular weight is 284 g/mol. The number of ether oxygens (including phenoxy) is 1. The number of amides is 1. The van der Waals surface area contributed by atoms with Gasteiger partial charge >= 0.3 is 6.09 Å². The molecule has 0 saturated heterocycles. The Hall–Kier alpha value is -1.66. The van der Waals surface area contributed by atoms with Crippen molar-refractivity contribution in [2.75, 3.05) is 13.2 Å². The number of nitrogens with one attached hydrogen (secondary N) is 1. The lowest BCUT2D eigenvalue weighted by atomic mass is 9.99. The first kappa shape index (κ1) is 16.4. The van der Waals surface area contributed by atoms with E-state index in [-0.39, 0.29) is 24.9 Å². The van der Waals surface area contributed by atoms with E-state index in [0.717, 1.165) is 0 Å². The van der Waals surface area contributed by atoms with Crippen molar-refractivity contribution in [2.24, 2.45) is 5.90 Å². The summed E-state index contributed by atoms with van der Waals surface area (Å²) in [4.78, 5) is 16.2. The number of carbonyl (C=O) groups is 1. The molecule has 3 N–H and O–H groups in total. The monoisotopic (exact) mass is 284 g/mol. The molecule has 0 spiro atoms. The van der Waals surface area contributed by atoms with Gasteiger partial charge in [0.25, 0.3) is 0 Å². The minimum atomic E-state index is -0.581. The third kappa shape index (κ3) is 5.54. The first-order valence-electron chi connectivity index (χ1n) is 6.36. The van der Waals surface area contributed by atoms with Gasteiger partial charge in [-0.05, 0) is 32.4 Å². The van der Waals surface area contributed by atoms with Crippen molar-refractivity contribution in [2.45, 2.75) is 32.3 Å². The maximum atomic E-state index is 13.7. The molecular weight excluding hydrogens is 263 g/mol. The zero-order chi connectivity index (χ0) is 15.2. The average Bonchev–Trinajstić information content (AvgIpc) is 2.33. The summed E-state index contributed by atoms with van der Waals surface area (Å²) in [5.41, 5.74) is -0.143. The molecule has 112 valence electrons. The largest absolute Gasteiger partial charge is 0.444 e. The van der Waals surface area contributed by atoms with Crippen LogP contribution in [0.25, 0.3) is 0 Å². The second kappa shape index (κ2) is 7.21. The Morgan fingerprint density at radius 1 is 1.40 bits per heavy atom. The van der Waals surface area contributed by atoms with E-state index >= 15 is 0 Å². The Kier molecular flexibility index (Phi) is 5.91.